The van der Waals surface area contributed by atoms with Gasteiger partial charge in [0.2, 0.25) is 5.91 Å². The molecule has 0 bridgehead atoms. The van der Waals surface area contributed by atoms with Gasteiger partial charge in [0.15, 0.2) is 0 Å². The molecule has 2 amide bonds. The zero-order valence-electron chi connectivity index (χ0n) is 14.1. The predicted molar refractivity (Wildman–Crippen MR) is 88.8 cm³/mol. The topological polar surface area (TPSA) is 67.4 Å². The van der Waals surface area contributed by atoms with Gasteiger partial charge in [-0.3, -0.25) is 4.79 Å². The third-order valence-electron chi connectivity index (χ3n) is 3.83. The lowest BCUT2D eigenvalue weighted by atomic mass is 10.1. The number of nitrogens with one attached hydrogen (secondary N) is 2. The van der Waals surface area contributed by atoms with E-state index in [4.69, 9.17) is 4.74 Å². The summed E-state index contributed by atoms with van der Waals surface area (Å²) < 4.78 is 5.25. The number of hydrogen-bond donors (Lipinski definition) is 2. The lowest BCUT2D eigenvalue weighted by Gasteiger charge is -2.21. The molecule has 2 atom stereocenters. The van der Waals surface area contributed by atoms with E-state index in [1.165, 1.54) is 0 Å². The Morgan fingerprint density at radius 2 is 1.87 bits per heavy atom. The predicted octanol–water partition coefficient (Wildman–Crippen LogP) is 3.00. The first-order valence-electron chi connectivity index (χ1n) is 8.14. The molecule has 1 aliphatic rings. The van der Waals surface area contributed by atoms with Gasteiger partial charge in [-0.15, -0.1) is 0 Å². The molecule has 0 saturated heterocycles. The lowest BCUT2D eigenvalue weighted by molar-refractivity contribution is -0.125. The number of alkyl carbamates (subject to hydrolysis) is 1. The summed E-state index contributed by atoms with van der Waals surface area (Å²) in [6, 6.07) is 9.85. The number of carbonyl (C=O) groups excluding carboxylic acids is 2. The Balaban J connectivity index is 1.74. The number of amides is 2. The summed E-state index contributed by atoms with van der Waals surface area (Å²) in [5.41, 5.74) is 0.581. The molecule has 0 unspecified atom stereocenters. The molecule has 1 saturated carbocycles. The van der Waals surface area contributed by atoms with Crippen molar-refractivity contribution in [2.75, 3.05) is 0 Å². The van der Waals surface area contributed by atoms with Crippen LogP contribution in [0.25, 0.3) is 0 Å². The van der Waals surface area contributed by atoms with Crippen molar-refractivity contribution in [1.29, 1.82) is 0 Å². The lowest BCUT2D eigenvalue weighted by Crippen LogP contribution is -2.38. The molecule has 0 spiro atoms. The minimum atomic E-state index is -0.505. The first-order chi connectivity index (χ1) is 10.8. The van der Waals surface area contributed by atoms with Gasteiger partial charge in [-0.2, -0.15) is 0 Å². The Hall–Kier alpha value is -2.04. The van der Waals surface area contributed by atoms with Crippen LogP contribution in [0.1, 0.15) is 45.6 Å². The second kappa shape index (κ2) is 7.49. The maximum Gasteiger partial charge on any atom is 0.407 e. The van der Waals surface area contributed by atoms with Crippen molar-refractivity contribution >= 4 is 12.0 Å². The Morgan fingerprint density at radius 1 is 1.17 bits per heavy atom. The van der Waals surface area contributed by atoms with E-state index in [0.717, 1.165) is 18.4 Å². The summed E-state index contributed by atoms with van der Waals surface area (Å²) in [6.07, 6.45) is 1.86. The van der Waals surface area contributed by atoms with Gasteiger partial charge >= 0.3 is 6.09 Å². The summed E-state index contributed by atoms with van der Waals surface area (Å²) in [5, 5.41) is 5.82. The Bertz CT molecular complexity index is 537. The molecule has 0 heterocycles. The van der Waals surface area contributed by atoms with E-state index in [9.17, 15) is 9.59 Å². The van der Waals surface area contributed by atoms with Crippen LogP contribution >= 0.6 is 0 Å². The normalized spacial score (nSPS) is 20.8. The molecule has 0 aromatic heterocycles. The maximum absolute atomic E-state index is 12.2. The fourth-order valence-corrected chi connectivity index (χ4v) is 2.75. The molecule has 1 aliphatic carbocycles. The van der Waals surface area contributed by atoms with Crippen molar-refractivity contribution in [2.24, 2.45) is 5.92 Å². The molecule has 1 aromatic rings. The van der Waals surface area contributed by atoms with Crippen molar-refractivity contribution < 1.29 is 14.3 Å². The molecule has 2 N–H and O–H groups in total. The van der Waals surface area contributed by atoms with Gasteiger partial charge in [-0.25, -0.2) is 4.79 Å². The first-order valence-corrected chi connectivity index (χ1v) is 8.14. The first kappa shape index (κ1) is 17.3. The van der Waals surface area contributed by atoms with E-state index in [1.807, 2.05) is 51.1 Å². The highest BCUT2D eigenvalue weighted by Gasteiger charge is 2.31. The fraction of sp³-hybridized carbons (Fsp3) is 0.556. The molecule has 1 aromatic carbocycles. The zero-order valence-corrected chi connectivity index (χ0v) is 14.1. The van der Waals surface area contributed by atoms with Crippen LogP contribution in [-0.2, 0) is 16.1 Å². The molecule has 126 valence electrons. The van der Waals surface area contributed by atoms with E-state index in [1.54, 1.807) is 0 Å². The average molecular weight is 318 g/mol. The SMILES string of the molecule is CC(C)(C)OC(=O)N[C@H]1CC[C@@H](C(=O)NCc2ccccc2)C1. The van der Waals surface area contributed by atoms with Gasteiger partial charge < -0.3 is 15.4 Å². The molecular formula is C18H26N2O3. The number of benzene rings is 1. The number of rotatable bonds is 4. The molecule has 5 nitrogen and oxygen atoms in total. The third-order valence-corrected chi connectivity index (χ3v) is 3.83. The maximum atomic E-state index is 12.2. The van der Waals surface area contributed by atoms with Crippen LogP contribution < -0.4 is 10.6 Å². The van der Waals surface area contributed by atoms with Crippen LogP contribution in [0.4, 0.5) is 4.79 Å². The molecular weight excluding hydrogens is 292 g/mol. The van der Waals surface area contributed by atoms with Crippen LogP contribution in [0.2, 0.25) is 0 Å². The standard InChI is InChI=1S/C18H26N2O3/c1-18(2,3)23-17(22)20-15-10-9-14(11-15)16(21)19-12-13-7-5-4-6-8-13/h4-8,14-15H,9-12H2,1-3H3,(H,19,21)(H,20,22)/t14-,15+/m1/s1. The van der Waals surface area contributed by atoms with Crippen molar-refractivity contribution in [3.63, 3.8) is 0 Å². The van der Waals surface area contributed by atoms with Crippen molar-refractivity contribution in [3.8, 4) is 0 Å². The Kier molecular flexibility index (Phi) is 5.64. The smallest absolute Gasteiger partial charge is 0.407 e. The monoisotopic (exact) mass is 318 g/mol. The van der Waals surface area contributed by atoms with Crippen LogP contribution in [-0.4, -0.2) is 23.6 Å². The van der Waals surface area contributed by atoms with Gasteiger partial charge in [0.25, 0.3) is 0 Å². The van der Waals surface area contributed by atoms with E-state index in [0.29, 0.717) is 13.0 Å². The van der Waals surface area contributed by atoms with E-state index >= 15 is 0 Å². The van der Waals surface area contributed by atoms with Crippen molar-refractivity contribution in [3.05, 3.63) is 35.9 Å². The molecule has 23 heavy (non-hydrogen) atoms. The van der Waals surface area contributed by atoms with Gasteiger partial charge in [-0.1, -0.05) is 30.3 Å². The second-order valence-electron chi connectivity index (χ2n) is 7.06. The van der Waals surface area contributed by atoms with Crippen molar-refractivity contribution in [2.45, 2.75) is 58.2 Å². The molecule has 0 radical (unpaired) electrons. The van der Waals surface area contributed by atoms with Gasteiger partial charge in [0.1, 0.15) is 5.60 Å². The largest absolute Gasteiger partial charge is 0.444 e. The van der Waals surface area contributed by atoms with Crippen LogP contribution in [0, 0.1) is 5.92 Å². The van der Waals surface area contributed by atoms with E-state index < -0.39 is 11.7 Å². The minimum Gasteiger partial charge on any atom is -0.444 e. The second-order valence-corrected chi connectivity index (χ2v) is 7.06. The van der Waals surface area contributed by atoms with Gasteiger partial charge in [-0.05, 0) is 45.6 Å². The summed E-state index contributed by atoms with van der Waals surface area (Å²) in [4.78, 5) is 24.0. The minimum absolute atomic E-state index is 0.0114. The van der Waals surface area contributed by atoms with Crippen LogP contribution in [0.3, 0.4) is 0 Å². The summed E-state index contributed by atoms with van der Waals surface area (Å²) in [7, 11) is 0. The summed E-state index contributed by atoms with van der Waals surface area (Å²) in [6.45, 7) is 6.05. The molecule has 2 rings (SSSR count). The molecule has 0 aliphatic heterocycles. The van der Waals surface area contributed by atoms with Crippen LogP contribution in [0.5, 0.6) is 0 Å². The highest BCUT2D eigenvalue weighted by Crippen LogP contribution is 2.26. The quantitative estimate of drug-likeness (QED) is 0.897. The third kappa shape index (κ3) is 5.93. The van der Waals surface area contributed by atoms with Gasteiger partial charge in [0.05, 0.1) is 0 Å². The van der Waals surface area contributed by atoms with Gasteiger partial charge in [0, 0.05) is 18.5 Å². The summed E-state index contributed by atoms with van der Waals surface area (Å²) in [5.74, 6) is 0.0148. The highest BCUT2D eigenvalue weighted by molar-refractivity contribution is 5.79. The summed E-state index contributed by atoms with van der Waals surface area (Å²) >= 11 is 0. The van der Waals surface area contributed by atoms with Crippen LogP contribution in [0.15, 0.2) is 30.3 Å². The Labute approximate surface area is 137 Å². The number of hydrogen-bond acceptors (Lipinski definition) is 3. The van der Waals surface area contributed by atoms with E-state index in [2.05, 4.69) is 10.6 Å². The number of ether oxygens (including phenoxy) is 1. The zero-order chi connectivity index (χ0) is 16.9. The fourth-order valence-electron chi connectivity index (χ4n) is 2.75. The highest BCUT2D eigenvalue weighted by atomic mass is 16.6. The average Bonchev–Trinajstić information content (AvgIpc) is 2.92. The number of carbonyl (C=O) groups is 2. The van der Waals surface area contributed by atoms with E-state index in [-0.39, 0.29) is 17.9 Å². The molecule has 1 fully saturated rings. The van der Waals surface area contributed by atoms with Crippen molar-refractivity contribution in [1.82, 2.24) is 10.6 Å². The molecule has 5 heteroatoms. The Morgan fingerprint density at radius 3 is 2.52 bits per heavy atom.